The minimum Gasteiger partial charge on any atom is -0.345 e. The van der Waals surface area contributed by atoms with Gasteiger partial charge in [0, 0.05) is 12.4 Å². The van der Waals surface area contributed by atoms with E-state index in [2.05, 4.69) is 15.3 Å². The van der Waals surface area contributed by atoms with Gasteiger partial charge in [-0.15, -0.1) is 0 Å². The molecule has 1 saturated carbocycles. The summed E-state index contributed by atoms with van der Waals surface area (Å²) in [4.78, 5) is 30.6. The van der Waals surface area contributed by atoms with Gasteiger partial charge in [0.15, 0.2) is 0 Å². The number of amides is 2. The summed E-state index contributed by atoms with van der Waals surface area (Å²) in [5.41, 5.74) is -0.249. The fourth-order valence-electron chi connectivity index (χ4n) is 2.49. The molecule has 12 heteroatoms. The highest BCUT2D eigenvalue weighted by molar-refractivity contribution is 6.30. The maximum absolute atomic E-state index is 13.3. The van der Waals surface area contributed by atoms with Crippen molar-refractivity contribution in [3.8, 4) is 0 Å². The molecule has 1 aromatic heterocycles. The largest absolute Gasteiger partial charge is 0.473 e. The molecular weight excluding hydrogens is 406 g/mol. The molecule has 148 valence electrons. The first-order valence-corrected chi connectivity index (χ1v) is 8.17. The first-order valence-electron chi connectivity index (χ1n) is 7.79. The van der Waals surface area contributed by atoms with Gasteiger partial charge in [0.05, 0.1) is 16.1 Å². The van der Waals surface area contributed by atoms with Gasteiger partial charge in [0.2, 0.25) is 5.95 Å². The summed E-state index contributed by atoms with van der Waals surface area (Å²) in [7, 11) is 0. The molecule has 1 aromatic carbocycles. The summed E-state index contributed by atoms with van der Waals surface area (Å²) in [6, 6.07) is 4.27. The van der Waals surface area contributed by atoms with Gasteiger partial charge in [-0.25, -0.2) is 25.2 Å². The molecular formula is C16H12ClF4N5O2. The summed E-state index contributed by atoms with van der Waals surface area (Å²) >= 11 is 5.80. The number of nitrogens with one attached hydrogen (secondary N) is 1. The number of carbonyl (C=O) groups excluding carboxylic acids is 2. The summed E-state index contributed by atoms with van der Waals surface area (Å²) in [5.74, 6) is 0.547. The third-order valence-corrected chi connectivity index (χ3v) is 4.44. The SMILES string of the molecule is NN(C(=O)c1cnc(NC2(c3ccc(F)c(Cl)c3)CC2)nc1)C(=O)C(F)(F)F. The number of hydrazine groups is 1. The predicted octanol–water partition coefficient (Wildman–Crippen LogP) is 2.78. The standard InChI is InChI=1S/C16H12ClF4N5O2/c17-10-5-9(1-2-11(10)18)15(3-4-15)25-14-23-6-8(7-24-14)12(27)26(22)13(28)16(19,20)21/h1-2,5-7H,3-4,22H2,(H,23,24,25). The second-order valence-electron chi connectivity index (χ2n) is 6.11. The number of aromatic nitrogens is 2. The third kappa shape index (κ3) is 3.90. The van der Waals surface area contributed by atoms with Crippen LogP contribution in [0.15, 0.2) is 30.6 Å². The molecule has 3 N–H and O–H groups in total. The van der Waals surface area contributed by atoms with Gasteiger partial charge in [-0.2, -0.15) is 13.2 Å². The number of hydrogen-bond donors (Lipinski definition) is 2. The molecule has 2 aromatic rings. The summed E-state index contributed by atoms with van der Waals surface area (Å²) in [5, 5.41) is 2.44. The zero-order chi connectivity index (χ0) is 20.7. The van der Waals surface area contributed by atoms with E-state index < -0.39 is 39.9 Å². The van der Waals surface area contributed by atoms with Gasteiger partial charge >= 0.3 is 12.1 Å². The molecule has 1 heterocycles. The number of nitrogens with zero attached hydrogens (tertiary/aromatic N) is 3. The molecule has 3 rings (SSSR count). The Morgan fingerprint density at radius 3 is 2.32 bits per heavy atom. The Balaban J connectivity index is 1.73. The zero-order valence-electron chi connectivity index (χ0n) is 13.9. The predicted molar refractivity (Wildman–Crippen MR) is 89.4 cm³/mol. The van der Waals surface area contributed by atoms with E-state index in [9.17, 15) is 27.2 Å². The highest BCUT2D eigenvalue weighted by Crippen LogP contribution is 2.48. The van der Waals surface area contributed by atoms with Gasteiger partial charge in [-0.1, -0.05) is 17.7 Å². The topological polar surface area (TPSA) is 101 Å². The zero-order valence-corrected chi connectivity index (χ0v) is 14.7. The Morgan fingerprint density at radius 1 is 1.21 bits per heavy atom. The van der Waals surface area contributed by atoms with E-state index in [0.717, 1.165) is 12.4 Å². The van der Waals surface area contributed by atoms with Crippen molar-refractivity contribution in [3.63, 3.8) is 0 Å². The van der Waals surface area contributed by atoms with Gasteiger partial charge in [-0.05, 0) is 30.5 Å². The van der Waals surface area contributed by atoms with Crippen LogP contribution in [0.25, 0.3) is 0 Å². The maximum atomic E-state index is 13.3. The molecule has 0 spiro atoms. The lowest BCUT2D eigenvalue weighted by atomic mass is 10.1. The molecule has 0 bridgehead atoms. The molecule has 1 aliphatic rings. The number of alkyl halides is 3. The van der Waals surface area contributed by atoms with E-state index in [1.165, 1.54) is 12.1 Å². The number of rotatable bonds is 4. The minimum atomic E-state index is -5.29. The normalized spacial score (nSPS) is 15.1. The van der Waals surface area contributed by atoms with Crippen LogP contribution in [0.3, 0.4) is 0 Å². The van der Waals surface area contributed by atoms with Crippen LogP contribution < -0.4 is 11.2 Å². The van der Waals surface area contributed by atoms with Crippen LogP contribution in [-0.4, -0.2) is 33.0 Å². The van der Waals surface area contributed by atoms with Crippen LogP contribution >= 0.6 is 11.6 Å². The minimum absolute atomic E-state index is 0.0372. The lowest BCUT2D eigenvalue weighted by molar-refractivity contribution is -0.182. The van der Waals surface area contributed by atoms with Crippen LogP contribution in [0.5, 0.6) is 0 Å². The van der Waals surface area contributed by atoms with Crippen LogP contribution in [0.4, 0.5) is 23.5 Å². The van der Waals surface area contributed by atoms with Crippen LogP contribution in [0, 0.1) is 5.82 Å². The number of halogens is 5. The van der Waals surface area contributed by atoms with Crippen LogP contribution in [0.1, 0.15) is 28.8 Å². The molecule has 0 radical (unpaired) electrons. The van der Waals surface area contributed by atoms with Gasteiger partial charge in [0.1, 0.15) is 5.82 Å². The summed E-state index contributed by atoms with van der Waals surface area (Å²) in [6.45, 7) is 0. The maximum Gasteiger partial charge on any atom is 0.473 e. The number of hydrogen-bond acceptors (Lipinski definition) is 6. The van der Waals surface area contributed by atoms with E-state index in [1.807, 2.05) is 0 Å². The number of anilines is 1. The van der Waals surface area contributed by atoms with Crippen molar-refractivity contribution in [3.05, 3.63) is 52.6 Å². The molecule has 0 unspecified atom stereocenters. The molecule has 0 saturated heterocycles. The Labute approximate surface area is 160 Å². The quantitative estimate of drug-likeness (QED) is 0.343. The average molecular weight is 418 g/mol. The van der Waals surface area contributed by atoms with Crippen molar-refractivity contribution in [2.75, 3.05) is 5.32 Å². The van der Waals surface area contributed by atoms with E-state index in [4.69, 9.17) is 17.4 Å². The molecule has 1 aliphatic carbocycles. The molecule has 0 aliphatic heterocycles. The Bertz CT molecular complexity index is 932. The number of imide groups is 1. The first kappa shape index (κ1) is 20.0. The number of benzene rings is 1. The van der Waals surface area contributed by atoms with Gasteiger partial charge in [-0.3, -0.25) is 9.59 Å². The second kappa shape index (κ2) is 6.99. The lowest BCUT2D eigenvalue weighted by Crippen LogP contribution is -2.49. The monoisotopic (exact) mass is 417 g/mol. The third-order valence-electron chi connectivity index (χ3n) is 4.15. The smallest absolute Gasteiger partial charge is 0.345 e. The number of nitrogens with two attached hydrogens (primary N) is 1. The molecule has 28 heavy (non-hydrogen) atoms. The fourth-order valence-corrected chi connectivity index (χ4v) is 2.67. The van der Waals surface area contributed by atoms with Crippen LogP contribution in [-0.2, 0) is 10.3 Å². The summed E-state index contributed by atoms with van der Waals surface area (Å²) < 4.78 is 50.4. The number of carbonyl (C=O) groups is 2. The first-order chi connectivity index (χ1) is 13.0. The lowest BCUT2D eigenvalue weighted by Gasteiger charge is -2.19. The van der Waals surface area contributed by atoms with Crippen molar-refractivity contribution in [1.29, 1.82) is 0 Å². The van der Waals surface area contributed by atoms with Gasteiger partial charge in [0.25, 0.3) is 5.91 Å². The molecule has 7 nitrogen and oxygen atoms in total. The fraction of sp³-hybridized carbons (Fsp3) is 0.250. The van der Waals surface area contributed by atoms with Crippen molar-refractivity contribution in [2.24, 2.45) is 5.84 Å². The highest BCUT2D eigenvalue weighted by atomic mass is 35.5. The van der Waals surface area contributed by atoms with Crippen molar-refractivity contribution >= 4 is 29.4 Å². The Morgan fingerprint density at radius 2 is 1.82 bits per heavy atom. The Hall–Kier alpha value is -2.79. The van der Waals surface area contributed by atoms with E-state index in [-0.39, 0.29) is 11.0 Å². The van der Waals surface area contributed by atoms with E-state index in [0.29, 0.717) is 18.4 Å². The van der Waals surface area contributed by atoms with Crippen LogP contribution in [0.2, 0.25) is 5.02 Å². The molecule has 0 atom stereocenters. The van der Waals surface area contributed by atoms with Crippen molar-refractivity contribution in [1.82, 2.24) is 15.0 Å². The van der Waals surface area contributed by atoms with E-state index in [1.54, 1.807) is 6.07 Å². The van der Waals surface area contributed by atoms with Crippen molar-refractivity contribution in [2.45, 2.75) is 24.6 Å². The highest BCUT2D eigenvalue weighted by Gasteiger charge is 2.46. The summed E-state index contributed by atoms with van der Waals surface area (Å²) in [6.07, 6.45) is -2.03. The Kier molecular flexibility index (Phi) is 4.98. The van der Waals surface area contributed by atoms with Crippen molar-refractivity contribution < 1.29 is 27.2 Å². The second-order valence-corrected chi connectivity index (χ2v) is 6.52. The molecule has 1 fully saturated rings. The average Bonchev–Trinajstić information content (AvgIpc) is 3.42. The molecule has 2 amide bonds. The van der Waals surface area contributed by atoms with E-state index >= 15 is 0 Å². The van der Waals surface area contributed by atoms with Gasteiger partial charge < -0.3 is 5.32 Å².